The first kappa shape index (κ1) is 16.4. The fourth-order valence-corrected chi connectivity index (χ4v) is 2.54. The molecule has 5 nitrogen and oxygen atoms in total. The average Bonchev–Trinajstić information content (AvgIpc) is 2.84. The SMILES string of the molecule is CC(=O)NC(CC(=O)N1CC[C@H](O)C1)c1ccc(F)cc1F. The highest BCUT2D eigenvalue weighted by atomic mass is 19.1. The molecule has 1 aliphatic heterocycles. The van der Waals surface area contributed by atoms with Gasteiger partial charge >= 0.3 is 0 Å². The predicted molar refractivity (Wildman–Crippen MR) is 74.7 cm³/mol. The lowest BCUT2D eigenvalue weighted by molar-refractivity contribution is -0.131. The maximum Gasteiger partial charge on any atom is 0.225 e. The number of β-amino-alcohol motifs (C(OH)–C–C–N with tert-alkyl or cyclic N) is 1. The summed E-state index contributed by atoms with van der Waals surface area (Å²) in [6.45, 7) is 1.93. The van der Waals surface area contributed by atoms with Crippen molar-refractivity contribution < 1.29 is 23.5 Å². The van der Waals surface area contributed by atoms with Crippen molar-refractivity contribution in [3.05, 3.63) is 35.4 Å². The van der Waals surface area contributed by atoms with E-state index in [4.69, 9.17) is 0 Å². The summed E-state index contributed by atoms with van der Waals surface area (Å²) in [6, 6.07) is 2.14. The fraction of sp³-hybridized carbons (Fsp3) is 0.467. The van der Waals surface area contributed by atoms with E-state index in [1.165, 1.54) is 17.9 Å². The zero-order valence-electron chi connectivity index (χ0n) is 12.2. The topological polar surface area (TPSA) is 69.6 Å². The summed E-state index contributed by atoms with van der Waals surface area (Å²) in [6.07, 6.45) is -0.193. The van der Waals surface area contributed by atoms with Gasteiger partial charge < -0.3 is 15.3 Å². The molecule has 1 heterocycles. The molecule has 1 saturated heterocycles. The molecule has 0 saturated carbocycles. The van der Waals surface area contributed by atoms with Gasteiger partial charge in [0.2, 0.25) is 11.8 Å². The van der Waals surface area contributed by atoms with Crippen LogP contribution in [0.1, 0.15) is 31.4 Å². The quantitative estimate of drug-likeness (QED) is 0.875. The van der Waals surface area contributed by atoms with Gasteiger partial charge in [0.25, 0.3) is 0 Å². The van der Waals surface area contributed by atoms with Crippen molar-refractivity contribution in [1.29, 1.82) is 0 Å². The molecule has 2 atom stereocenters. The maximum atomic E-state index is 13.9. The second kappa shape index (κ2) is 6.83. The molecular formula is C15H18F2N2O3. The molecule has 22 heavy (non-hydrogen) atoms. The summed E-state index contributed by atoms with van der Waals surface area (Å²) >= 11 is 0. The summed E-state index contributed by atoms with van der Waals surface area (Å²) in [5.74, 6) is -2.24. The van der Waals surface area contributed by atoms with Crippen LogP contribution in [0.2, 0.25) is 0 Å². The third-order valence-corrected chi connectivity index (χ3v) is 3.61. The van der Waals surface area contributed by atoms with Crippen LogP contribution < -0.4 is 5.32 Å². The summed E-state index contributed by atoms with van der Waals surface area (Å²) in [4.78, 5) is 25.0. The molecule has 1 aliphatic rings. The van der Waals surface area contributed by atoms with Gasteiger partial charge in [-0.15, -0.1) is 0 Å². The minimum absolute atomic E-state index is 0.0599. The van der Waals surface area contributed by atoms with Crippen molar-refractivity contribution in [2.24, 2.45) is 0 Å². The Morgan fingerprint density at radius 2 is 2.18 bits per heavy atom. The van der Waals surface area contributed by atoms with E-state index in [-0.39, 0.29) is 24.4 Å². The standard InChI is InChI=1S/C15H18F2N2O3/c1-9(20)18-14(12-3-2-10(16)6-13(12)17)7-15(22)19-5-4-11(21)8-19/h2-3,6,11,14,21H,4-5,7-8H2,1H3,(H,18,20)/t11-,14?/m0/s1. The smallest absolute Gasteiger partial charge is 0.225 e. The highest BCUT2D eigenvalue weighted by Crippen LogP contribution is 2.23. The van der Waals surface area contributed by atoms with Crippen LogP contribution in [0.3, 0.4) is 0 Å². The molecule has 0 aromatic heterocycles. The van der Waals surface area contributed by atoms with Crippen molar-refractivity contribution in [3.8, 4) is 0 Å². The van der Waals surface area contributed by atoms with Crippen LogP contribution in [0.4, 0.5) is 8.78 Å². The highest BCUT2D eigenvalue weighted by molar-refractivity contribution is 5.79. The van der Waals surface area contributed by atoms with Crippen molar-refractivity contribution in [2.75, 3.05) is 13.1 Å². The molecule has 7 heteroatoms. The zero-order chi connectivity index (χ0) is 16.3. The number of rotatable bonds is 4. The van der Waals surface area contributed by atoms with Crippen molar-refractivity contribution in [2.45, 2.75) is 31.9 Å². The van der Waals surface area contributed by atoms with Gasteiger partial charge in [-0.05, 0) is 12.5 Å². The molecule has 2 rings (SSSR count). The van der Waals surface area contributed by atoms with Gasteiger partial charge in [0.1, 0.15) is 11.6 Å². The summed E-state index contributed by atoms with van der Waals surface area (Å²) in [7, 11) is 0. The number of carbonyl (C=O) groups is 2. The first-order valence-electron chi connectivity index (χ1n) is 7.04. The maximum absolute atomic E-state index is 13.9. The Labute approximate surface area is 126 Å². The van der Waals surface area contributed by atoms with E-state index >= 15 is 0 Å². The lowest BCUT2D eigenvalue weighted by atomic mass is 10.0. The average molecular weight is 312 g/mol. The highest BCUT2D eigenvalue weighted by Gasteiger charge is 2.28. The Morgan fingerprint density at radius 3 is 2.73 bits per heavy atom. The van der Waals surface area contributed by atoms with Gasteiger partial charge in [0, 0.05) is 31.6 Å². The van der Waals surface area contributed by atoms with E-state index in [0.29, 0.717) is 19.0 Å². The largest absolute Gasteiger partial charge is 0.391 e. The molecule has 1 aromatic rings. The number of likely N-dealkylation sites (tertiary alicyclic amines) is 1. The molecule has 1 aromatic carbocycles. The van der Waals surface area contributed by atoms with Crippen molar-refractivity contribution in [3.63, 3.8) is 0 Å². The second-order valence-electron chi connectivity index (χ2n) is 5.41. The summed E-state index contributed by atoms with van der Waals surface area (Å²) in [5.41, 5.74) is 0.0599. The van der Waals surface area contributed by atoms with E-state index < -0.39 is 29.7 Å². The summed E-state index contributed by atoms with van der Waals surface area (Å²) < 4.78 is 26.9. The number of hydrogen-bond acceptors (Lipinski definition) is 3. The monoisotopic (exact) mass is 312 g/mol. The lowest BCUT2D eigenvalue weighted by Crippen LogP contribution is -2.35. The van der Waals surface area contributed by atoms with E-state index in [2.05, 4.69) is 5.32 Å². The molecule has 1 unspecified atom stereocenters. The third-order valence-electron chi connectivity index (χ3n) is 3.61. The van der Waals surface area contributed by atoms with Gasteiger partial charge in [-0.1, -0.05) is 6.07 Å². The molecule has 1 fully saturated rings. The molecule has 0 spiro atoms. The number of aliphatic hydroxyl groups excluding tert-OH is 1. The predicted octanol–water partition coefficient (Wildman–Crippen LogP) is 1.13. The Morgan fingerprint density at radius 1 is 1.45 bits per heavy atom. The summed E-state index contributed by atoms with van der Waals surface area (Å²) in [5, 5.41) is 12.0. The van der Waals surface area contributed by atoms with Crippen LogP contribution >= 0.6 is 0 Å². The van der Waals surface area contributed by atoms with Gasteiger partial charge in [-0.25, -0.2) is 8.78 Å². The third kappa shape index (κ3) is 4.00. The van der Waals surface area contributed by atoms with Crippen molar-refractivity contribution >= 4 is 11.8 Å². The number of hydrogen-bond donors (Lipinski definition) is 2. The zero-order valence-corrected chi connectivity index (χ0v) is 12.2. The molecule has 0 bridgehead atoms. The van der Waals surface area contributed by atoms with Gasteiger partial charge in [0.05, 0.1) is 18.6 Å². The Balaban J connectivity index is 2.15. The van der Waals surface area contributed by atoms with E-state index in [9.17, 15) is 23.5 Å². The molecule has 0 radical (unpaired) electrons. The number of aliphatic hydroxyl groups is 1. The van der Waals surface area contributed by atoms with Crippen LogP contribution in [0.5, 0.6) is 0 Å². The Bertz CT molecular complexity index is 580. The first-order valence-corrected chi connectivity index (χ1v) is 7.04. The van der Waals surface area contributed by atoms with Crippen LogP contribution in [0.15, 0.2) is 18.2 Å². The molecule has 120 valence electrons. The molecule has 2 amide bonds. The molecule has 0 aliphatic carbocycles. The van der Waals surface area contributed by atoms with Gasteiger partial charge in [0.15, 0.2) is 0 Å². The van der Waals surface area contributed by atoms with E-state index in [0.717, 1.165) is 6.07 Å². The van der Waals surface area contributed by atoms with Crippen LogP contribution in [0.25, 0.3) is 0 Å². The van der Waals surface area contributed by atoms with Gasteiger partial charge in [-0.3, -0.25) is 9.59 Å². The lowest BCUT2D eigenvalue weighted by Gasteiger charge is -2.22. The molecular weight excluding hydrogens is 294 g/mol. The number of amides is 2. The van der Waals surface area contributed by atoms with Crippen LogP contribution in [-0.2, 0) is 9.59 Å². The van der Waals surface area contributed by atoms with Crippen molar-refractivity contribution in [1.82, 2.24) is 10.2 Å². The number of carbonyl (C=O) groups excluding carboxylic acids is 2. The minimum Gasteiger partial charge on any atom is -0.391 e. The van der Waals surface area contributed by atoms with E-state index in [1.54, 1.807) is 0 Å². The Hall–Kier alpha value is -2.02. The normalized spacial score (nSPS) is 19.1. The Kier molecular flexibility index (Phi) is 5.07. The first-order chi connectivity index (χ1) is 10.4. The molecule has 2 N–H and O–H groups in total. The number of nitrogens with one attached hydrogen (secondary N) is 1. The minimum atomic E-state index is -0.872. The van der Waals surface area contributed by atoms with Gasteiger partial charge in [-0.2, -0.15) is 0 Å². The number of nitrogens with zero attached hydrogens (tertiary/aromatic N) is 1. The fourth-order valence-electron chi connectivity index (χ4n) is 2.54. The van der Waals surface area contributed by atoms with Crippen LogP contribution in [-0.4, -0.2) is 41.0 Å². The van der Waals surface area contributed by atoms with E-state index in [1.807, 2.05) is 0 Å². The second-order valence-corrected chi connectivity index (χ2v) is 5.41. The number of benzene rings is 1. The number of halogens is 2. The van der Waals surface area contributed by atoms with Crippen LogP contribution in [0, 0.1) is 11.6 Å².